The summed E-state index contributed by atoms with van der Waals surface area (Å²) in [5, 5.41) is 11.3. The van der Waals surface area contributed by atoms with Crippen LogP contribution in [-0.2, 0) is 20.9 Å². The quantitative estimate of drug-likeness (QED) is 0.692. The lowest BCUT2D eigenvalue weighted by molar-refractivity contribution is -0.153. The highest BCUT2D eigenvalue weighted by molar-refractivity contribution is 5.95. The number of benzene rings is 2. The van der Waals surface area contributed by atoms with Gasteiger partial charge in [-0.3, -0.25) is 14.2 Å². The fourth-order valence-corrected chi connectivity index (χ4v) is 2.45. The monoisotopic (exact) mass is 365 g/mol. The number of carbonyl (C=O) groups is 2. The van der Waals surface area contributed by atoms with E-state index in [2.05, 4.69) is 5.32 Å². The number of oxazole rings is 1. The lowest BCUT2D eigenvalue weighted by Gasteiger charge is -2.13. The van der Waals surface area contributed by atoms with Gasteiger partial charge in [0.1, 0.15) is 6.54 Å². The molecule has 8 heteroatoms. The maximum atomic E-state index is 12.1. The molecule has 2 aromatic carbocycles. The number of amides is 1. The maximum absolute atomic E-state index is 12.1. The molecule has 0 spiro atoms. The fraction of sp³-hybridized carbons (Fsp3) is 0.158. The molecule has 0 fully saturated rings. The molecule has 0 aliphatic carbocycles. The summed E-state index contributed by atoms with van der Waals surface area (Å²) in [5.41, 5.74) is 1.76. The summed E-state index contributed by atoms with van der Waals surface area (Å²) < 4.78 is 11.3. The second-order valence-electron chi connectivity index (χ2n) is 5.73. The number of carbonyl (C=O) groups excluding carboxylic acids is 2. The highest BCUT2D eigenvalue weighted by atomic mass is 16.5. The van der Waals surface area contributed by atoms with Crippen LogP contribution in [0.15, 0.2) is 57.7 Å². The van der Waals surface area contributed by atoms with E-state index in [1.54, 1.807) is 48.5 Å². The third-order valence-corrected chi connectivity index (χ3v) is 3.82. The molecule has 136 valence electrons. The molecule has 1 N–H and O–H groups in total. The Kier molecular flexibility index (Phi) is 5.04. The van der Waals surface area contributed by atoms with Gasteiger partial charge in [0.05, 0.1) is 17.1 Å². The van der Waals surface area contributed by atoms with Crippen LogP contribution in [0.4, 0.5) is 5.69 Å². The Morgan fingerprint density at radius 1 is 1.22 bits per heavy atom. The summed E-state index contributed by atoms with van der Waals surface area (Å²) in [6, 6.07) is 14.9. The molecule has 1 amide bonds. The van der Waals surface area contributed by atoms with Gasteiger partial charge in [-0.05, 0) is 43.3 Å². The number of fused-ring (bicyclic) bond motifs is 1. The maximum Gasteiger partial charge on any atom is 0.420 e. The number of nitriles is 1. The summed E-state index contributed by atoms with van der Waals surface area (Å²) in [7, 11) is 0. The van der Waals surface area contributed by atoms with Crippen LogP contribution in [0.3, 0.4) is 0 Å². The van der Waals surface area contributed by atoms with Gasteiger partial charge in [-0.15, -0.1) is 0 Å². The van der Waals surface area contributed by atoms with Gasteiger partial charge in [0.2, 0.25) is 0 Å². The van der Waals surface area contributed by atoms with E-state index in [1.165, 1.54) is 6.92 Å². The van der Waals surface area contributed by atoms with E-state index in [4.69, 9.17) is 14.4 Å². The smallest absolute Gasteiger partial charge is 0.420 e. The number of para-hydroxylation sites is 2. The van der Waals surface area contributed by atoms with Crippen molar-refractivity contribution in [2.75, 3.05) is 5.32 Å². The number of rotatable bonds is 5. The molecule has 3 rings (SSSR count). The number of nitrogens with one attached hydrogen (secondary N) is 1. The molecule has 3 aromatic rings. The molecule has 0 bridgehead atoms. The Balaban J connectivity index is 1.62. The second kappa shape index (κ2) is 7.58. The molecule has 27 heavy (non-hydrogen) atoms. The summed E-state index contributed by atoms with van der Waals surface area (Å²) in [4.78, 5) is 36.1. The molecule has 0 unspecified atom stereocenters. The molecular formula is C19H15N3O5. The predicted octanol–water partition coefficient (Wildman–Crippen LogP) is 2.04. The Morgan fingerprint density at radius 2 is 1.93 bits per heavy atom. The highest BCUT2D eigenvalue weighted by Crippen LogP contribution is 2.12. The molecule has 1 heterocycles. The van der Waals surface area contributed by atoms with E-state index in [-0.39, 0.29) is 6.54 Å². The zero-order valence-electron chi connectivity index (χ0n) is 14.3. The van der Waals surface area contributed by atoms with Crippen LogP contribution in [0.25, 0.3) is 11.1 Å². The van der Waals surface area contributed by atoms with E-state index < -0.39 is 23.7 Å². The lowest BCUT2D eigenvalue weighted by atomic mass is 10.2. The number of nitrogens with zero attached hydrogens (tertiary/aromatic N) is 2. The third-order valence-electron chi connectivity index (χ3n) is 3.82. The Bertz CT molecular complexity index is 1090. The first kappa shape index (κ1) is 17.9. The first-order valence-electron chi connectivity index (χ1n) is 8.07. The molecular weight excluding hydrogens is 350 g/mol. The van der Waals surface area contributed by atoms with Gasteiger partial charge in [0.15, 0.2) is 11.7 Å². The number of hydrogen-bond donors (Lipinski definition) is 1. The normalized spacial score (nSPS) is 11.6. The van der Waals surface area contributed by atoms with Crippen molar-refractivity contribution in [3.8, 4) is 6.07 Å². The first-order chi connectivity index (χ1) is 13.0. The third kappa shape index (κ3) is 4.04. The van der Waals surface area contributed by atoms with Crippen molar-refractivity contribution >= 4 is 28.7 Å². The molecule has 8 nitrogen and oxygen atoms in total. The zero-order chi connectivity index (χ0) is 19.4. The number of hydrogen-bond acceptors (Lipinski definition) is 6. The Labute approximate surface area is 153 Å². The minimum absolute atomic E-state index is 0.363. The van der Waals surface area contributed by atoms with Crippen molar-refractivity contribution in [3.63, 3.8) is 0 Å². The van der Waals surface area contributed by atoms with E-state index in [0.29, 0.717) is 22.4 Å². The number of anilines is 1. The van der Waals surface area contributed by atoms with Crippen LogP contribution >= 0.6 is 0 Å². The number of esters is 1. The van der Waals surface area contributed by atoms with Gasteiger partial charge in [0.25, 0.3) is 5.91 Å². The van der Waals surface area contributed by atoms with Gasteiger partial charge < -0.3 is 14.5 Å². The van der Waals surface area contributed by atoms with Gasteiger partial charge in [-0.1, -0.05) is 12.1 Å². The summed E-state index contributed by atoms with van der Waals surface area (Å²) in [6.07, 6.45) is -1.07. The molecule has 0 aliphatic rings. The van der Waals surface area contributed by atoms with Crippen LogP contribution in [0, 0.1) is 11.3 Å². The van der Waals surface area contributed by atoms with Crippen LogP contribution < -0.4 is 11.1 Å². The van der Waals surface area contributed by atoms with Crippen molar-refractivity contribution < 1.29 is 18.7 Å². The Morgan fingerprint density at radius 3 is 2.63 bits per heavy atom. The number of ether oxygens (including phenoxy) is 1. The van der Waals surface area contributed by atoms with Crippen LogP contribution in [-0.4, -0.2) is 22.5 Å². The Hall–Kier alpha value is -3.86. The summed E-state index contributed by atoms with van der Waals surface area (Å²) >= 11 is 0. The number of aromatic nitrogens is 1. The summed E-state index contributed by atoms with van der Waals surface area (Å²) in [6.45, 7) is 1.05. The minimum Gasteiger partial charge on any atom is -0.451 e. The van der Waals surface area contributed by atoms with Crippen molar-refractivity contribution in [2.45, 2.75) is 19.6 Å². The average molecular weight is 365 g/mol. The fourth-order valence-electron chi connectivity index (χ4n) is 2.45. The standard InChI is InChI=1S/C19H15N3O5/c1-12(18(24)21-14-8-6-13(10-20)7-9-14)26-17(23)11-22-15-4-2-3-5-16(15)27-19(22)25/h2-9,12H,11H2,1H3,(H,21,24)/t12-/m0/s1. The average Bonchev–Trinajstić information content (AvgIpc) is 2.97. The van der Waals surface area contributed by atoms with Gasteiger partial charge in [-0.2, -0.15) is 5.26 Å². The van der Waals surface area contributed by atoms with Crippen LogP contribution in [0.2, 0.25) is 0 Å². The van der Waals surface area contributed by atoms with Crippen molar-refractivity contribution in [1.29, 1.82) is 5.26 Å². The van der Waals surface area contributed by atoms with Gasteiger partial charge in [-0.25, -0.2) is 4.79 Å². The van der Waals surface area contributed by atoms with Crippen molar-refractivity contribution in [2.24, 2.45) is 0 Å². The van der Waals surface area contributed by atoms with Gasteiger partial charge >= 0.3 is 11.7 Å². The molecule has 0 saturated carbocycles. The van der Waals surface area contributed by atoms with E-state index >= 15 is 0 Å². The molecule has 1 aromatic heterocycles. The molecule has 0 saturated heterocycles. The lowest BCUT2D eigenvalue weighted by Crippen LogP contribution is -2.32. The topological polar surface area (TPSA) is 114 Å². The van der Waals surface area contributed by atoms with Crippen molar-refractivity contribution in [3.05, 3.63) is 64.6 Å². The van der Waals surface area contributed by atoms with E-state index in [0.717, 1.165) is 4.57 Å². The zero-order valence-corrected chi connectivity index (χ0v) is 14.3. The summed E-state index contributed by atoms with van der Waals surface area (Å²) in [5.74, 6) is -1.95. The molecule has 0 aliphatic heterocycles. The first-order valence-corrected chi connectivity index (χ1v) is 8.07. The second-order valence-corrected chi connectivity index (χ2v) is 5.73. The van der Waals surface area contributed by atoms with Gasteiger partial charge in [0, 0.05) is 5.69 Å². The van der Waals surface area contributed by atoms with E-state index in [9.17, 15) is 14.4 Å². The largest absolute Gasteiger partial charge is 0.451 e. The highest BCUT2D eigenvalue weighted by Gasteiger charge is 2.20. The predicted molar refractivity (Wildman–Crippen MR) is 95.8 cm³/mol. The molecule has 0 radical (unpaired) electrons. The van der Waals surface area contributed by atoms with Crippen LogP contribution in [0.5, 0.6) is 0 Å². The van der Waals surface area contributed by atoms with Crippen LogP contribution in [0.1, 0.15) is 12.5 Å². The minimum atomic E-state index is -1.07. The van der Waals surface area contributed by atoms with E-state index in [1.807, 2.05) is 6.07 Å². The SMILES string of the molecule is C[C@H](OC(=O)Cn1c(=O)oc2ccccc21)C(=O)Nc1ccc(C#N)cc1. The van der Waals surface area contributed by atoms with Crippen molar-refractivity contribution in [1.82, 2.24) is 4.57 Å². The molecule has 1 atom stereocenters.